The van der Waals surface area contributed by atoms with Crippen LogP contribution in [0.25, 0.3) is 0 Å². The van der Waals surface area contributed by atoms with Gasteiger partial charge in [-0.3, -0.25) is 0 Å². The van der Waals surface area contributed by atoms with Gasteiger partial charge in [0.2, 0.25) is 10.0 Å². The fourth-order valence-corrected chi connectivity index (χ4v) is 3.90. The molecular weight excluding hydrogens is 300 g/mol. The Labute approximate surface area is 133 Å². The zero-order chi connectivity index (χ0) is 16.0. The molecule has 1 aromatic carbocycles. The largest absolute Gasteiger partial charge is 0.496 e. The van der Waals surface area contributed by atoms with Crippen molar-refractivity contribution in [2.24, 2.45) is 0 Å². The molecular formula is C16H26N2O3S. The predicted molar refractivity (Wildman–Crippen MR) is 88.8 cm³/mol. The summed E-state index contributed by atoms with van der Waals surface area (Å²) >= 11 is 0. The Morgan fingerprint density at radius 1 is 1.14 bits per heavy atom. The van der Waals surface area contributed by atoms with Crippen molar-refractivity contribution in [2.75, 3.05) is 45.6 Å². The molecule has 1 heterocycles. The van der Waals surface area contributed by atoms with Crippen LogP contribution in [0, 0.1) is 0 Å². The van der Waals surface area contributed by atoms with Crippen LogP contribution in [-0.2, 0) is 16.4 Å². The Balaban J connectivity index is 1.76. The molecule has 0 amide bonds. The summed E-state index contributed by atoms with van der Waals surface area (Å²) in [7, 11) is -1.33. The molecule has 0 spiro atoms. The molecule has 1 aliphatic heterocycles. The van der Waals surface area contributed by atoms with Crippen LogP contribution >= 0.6 is 0 Å². The van der Waals surface area contributed by atoms with E-state index in [9.17, 15) is 8.42 Å². The summed E-state index contributed by atoms with van der Waals surface area (Å²) in [5.41, 5.74) is 1.23. The summed E-state index contributed by atoms with van der Waals surface area (Å²) in [5.74, 6) is 1.14. The SMILES string of the molecule is CCS(=O)(=O)N1CCN(CCCc2ccccc2OC)CC1. The standard InChI is InChI=1S/C16H26N2O3S/c1-3-22(19,20)18-13-11-17(12-14-18)10-6-8-15-7-4-5-9-16(15)21-2/h4-5,7,9H,3,6,8,10-14H2,1-2H3. The minimum atomic E-state index is -3.03. The highest BCUT2D eigenvalue weighted by Gasteiger charge is 2.24. The topological polar surface area (TPSA) is 49.9 Å². The number of piperazine rings is 1. The van der Waals surface area contributed by atoms with Crippen LogP contribution in [0.3, 0.4) is 0 Å². The number of ether oxygens (including phenoxy) is 1. The molecule has 124 valence electrons. The van der Waals surface area contributed by atoms with Gasteiger partial charge < -0.3 is 9.64 Å². The summed E-state index contributed by atoms with van der Waals surface area (Å²) in [6, 6.07) is 8.11. The number of hydrogen-bond acceptors (Lipinski definition) is 4. The van der Waals surface area contributed by atoms with Crippen molar-refractivity contribution in [3.63, 3.8) is 0 Å². The van der Waals surface area contributed by atoms with Crippen LogP contribution in [0.2, 0.25) is 0 Å². The summed E-state index contributed by atoms with van der Waals surface area (Å²) in [5, 5.41) is 0. The molecule has 1 saturated heterocycles. The van der Waals surface area contributed by atoms with Crippen molar-refractivity contribution < 1.29 is 13.2 Å². The minimum absolute atomic E-state index is 0.195. The highest BCUT2D eigenvalue weighted by Crippen LogP contribution is 2.19. The van der Waals surface area contributed by atoms with Crippen LogP contribution in [0.1, 0.15) is 18.9 Å². The molecule has 0 aliphatic carbocycles. The predicted octanol–water partition coefficient (Wildman–Crippen LogP) is 1.60. The van der Waals surface area contributed by atoms with Gasteiger partial charge in [-0.1, -0.05) is 18.2 Å². The van der Waals surface area contributed by atoms with Gasteiger partial charge in [0.15, 0.2) is 0 Å². The van der Waals surface area contributed by atoms with E-state index in [2.05, 4.69) is 11.0 Å². The van der Waals surface area contributed by atoms with E-state index in [-0.39, 0.29) is 5.75 Å². The fourth-order valence-electron chi connectivity index (χ4n) is 2.82. The highest BCUT2D eigenvalue weighted by molar-refractivity contribution is 7.89. The van der Waals surface area contributed by atoms with E-state index in [4.69, 9.17) is 4.74 Å². The van der Waals surface area contributed by atoms with Gasteiger partial charge in [-0.2, -0.15) is 4.31 Å². The van der Waals surface area contributed by atoms with E-state index in [0.29, 0.717) is 13.1 Å². The molecule has 0 unspecified atom stereocenters. The van der Waals surface area contributed by atoms with E-state index >= 15 is 0 Å². The molecule has 1 fully saturated rings. The van der Waals surface area contributed by atoms with Crippen molar-refractivity contribution in [3.05, 3.63) is 29.8 Å². The van der Waals surface area contributed by atoms with Crippen molar-refractivity contribution in [3.8, 4) is 5.75 Å². The molecule has 0 N–H and O–H groups in total. The van der Waals surface area contributed by atoms with Crippen molar-refractivity contribution in [2.45, 2.75) is 19.8 Å². The van der Waals surface area contributed by atoms with Gasteiger partial charge in [0.1, 0.15) is 5.75 Å². The van der Waals surface area contributed by atoms with Gasteiger partial charge in [0.05, 0.1) is 12.9 Å². The number of benzene rings is 1. The molecule has 6 heteroatoms. The van der Waals surface area contributed by atoms with Gasteiger partial charge in [-0.15, -0.1) is 0 Å². The van der Waals surface area contributed by atoms with Gasteiger partial charge in [-0.05, 0) is 37.9 Å². The Morgan fingerprint density at radius 2 is 1.82 bits per heavy atom. The Kier molecular flexibility index (Phi) is 6.23. The number of para-hydroxylation sites is 1. The van der Waals surface area contributed by atoms with Gasteiger partial charge >= 0.3 is 0 Å². The Morgan fingerprint density at radius 3 is 2.45 bits per heavy atom. The monoisotopic (exact) mass is 326 g/mol. The maximum atomic E-state index is 11.8. The van der Waals surface area contributed by atoms with Crippen molar-refractivity contribution in [1.29, 1.82) is 0 Å². The number of hydrogen-bond donors (Lipinski definition) is 0. The number of sulfonamides is 1. The number of rotatable bonds is 7. The summed E-state index contributed by atoms with van der Waals surface area (Å²) in [4.78, 5) is 2.34. The molecule has 1 aliphatic rings. The second-order valence-electron chi connectivity index (χ2n) is 5.56. The molecule has 0 atom stereocenters. The first-order valence-electron chi connectivity index (χ1n) is 7.89. The third-order valence-corrected chi connectivity index (χ3v) is 6.08. The average molecular weight is 326 g/mol. The lowest BCUT2D eigenvalue weighted by molar-refractivity contribution is 0.187. The highest BCUT2D eigenvalue weighted by atomic mass is 32.2. The lowest BCUT2D eigenvalue weighted by atomic mass is 10.1. The zero-order valence-electron chi connectivity index (χ0n) is 13.5. The van der Waals surface area contributed by atoms with Crippen LogP contribution in [-0.4, -0.2) is 63.2 Å². The van der Waals surface area contributed by atoms with Crippen molar-refractivity contribution >= 4 is 10.0 Å². The van der Waals surface area contributed by atoms with Gasteiger partial charge in [0.25, 0.3) is 0 Å². The van der Waals surface area contributed by atoms with Crippen LogP contribution in [0.15, 0.2) is 24.3 Å². The van der Waals surface area contributed by atoms with Gasteiger partial charge in [0, 0.05) is 26.2 Å². The van der Waals surface area contributed by atoms with E-state index < -0.39 is 10.0 Å². The molecule has 5 nitrogen and oxygen atoms in total. The number of methoxy groups -OCH3 is 1. The molecule has 0 aromatic heterocycles. The second-order valence-corrected chi connectivity index (χ2v) is 7.81. The molecule has 0 bridgehead atoms. The van der Waals surface area contributed by atoms with Crippen LogP contribution < -0.4 is 4.74 Å². The smallest absolute Gasteiger partial charge is 0.213 e. The first kappa shape index (κ1) is 17.2. The maximum Gasteiger partial charge on any atom is 0.213 e. The fraction of sp³-hybridized carbons (Fsp3) is 0.625. The third-order valence-electron chi connectivity index (χ3n) is 4.20. The summed E-state index contributed by atoms with van der Waals surface area (Å²) < 4.78 is 30.6. The Bertz CT molecular complexity index is 567. The quantitative estimate of drug-likeness (QED) is 0.764. The first-order chi connectivity index (χ1) is 10.6. The van der Waals surface area contributed by atoms with Crippen LogP contribution in [0.4, 0.5) is 0 Å². The third kappa shape index (κ3) is 4.44. The minimum Gasteiger partial charge on any atom is -0.496 e. The molecule has 1 aromatic rings. The summed E-state index contributed by atoms with van der Waals surface area (Å²) in [6.07, 6.45) is 2.04. The maximum absolute atomic E-state index is 11.8. The zero-order valence-corrected chi connectivity index (χ0v) is 14.3. The normalized spacial score (nSPS) is 17.5. The molecule has 22 heavy (non-hydrogen) atoms. The van der Waals surface area contributed by atoms with Gasteiger partial charge in [-0.25, -0.2) is 8.42 Å². The molecule has 0 saturated carbocycles. The molecule has 2 rings (SSSR count). The lowest BCUT2D eigenvalue weighted by Crippen LogP contribution is -2.49. The van der Waals surface area contributed by atoms with E-state index in [1.807, 2.05) is 18.2 Å². The molecule has 0 radical (unpaired) electrons. The van der Waals surface area contributed by atoms with E-state index in [1.54, 1.807) is 18.3 Å². The lowest BCUT2D eigenvalue weighted by Gasteiger charge is -2.33. The average Bonchev–Trinajstić information content (AvgIpc) is 2.56. The Hall–Kier alpha value is -1.11. The number of aryl methyl sites for hydroxylation is 1. The second kappa shape index (κ2) is 7.94. The number of nitrogens with zero attached hydrogens (tertiary/aromatic N) is 2. The van der Waals surface area contributed by atoms with Crippen molar-refractivity contribution in [1.82, 2.24) is 9.21 Å². The van der Waals surface area contributed by atoms with Crippen LogP contribution in [0.5, 0.6) is 5.75 Å². The first-order valence-corrected chi connectivity index (χ1v) is 9.50. The van der Waals surface area contributed by atoms with E-state index in [1.165, 1.54) is 5.56 Å². The summed E-state index contributed by atoms with van der Waals surface area (Å²) in [6.45, 7) is 5.58. The van der Waals surface area contributed by atoms with E-state index in [0.717, 1.165) is 38.2 Å².